The van der Waals surface area contributed by atoms with Gasteiger partial charge in [0.2, 0.25) is 0 Å². The van der Waals surface area contributed by atoms with Crippen LogP contribution < -0.4 is 5.32 Å². The molecule has 2 heterocycles. The molecule has 1 aliphatic heterocycles. The summed E-state index contributed by atoms with van der Waals surface area (Å²) in [6, 6.07) is 17.4. The second-order valence-corrected chi connectivity index (χ2v) is 9.34. The zero-order valence-electron chi connectivity index (χ0n) is 18.3. The monoisotopic (exact) mass is 417 g/mol. The van der Waals surface area contributed by atoms with E-state index < -0.39 is 0 Å². The molecule has 1 fully saturated rings. The summed E-state index contributed by atoms with van der Waals surface area (Å²) in [6.45, 7) is 3.45. The Balaban J connectivity index is 1.20. The molecule has 5 rings (SSSR count). The van der Waals surface area contributed by atoms with Gasteiger partial charge in [-0.25, -0.2) is 4.79 Å². The molecule has 5 heteroatoms. The summed E-state index contributed by atoms with van der Waals surface area (Å²) >= 11 is 0. The lowest BCUT2D eigenvalue weighted by Crippen LogP contribution is -2.49. The number of ether oxygens (including phenoxy) is 1. The molecule has 2 N–H and O–H groups in total. The van der Waals surface area contributed by atoms with E-state index in [9.17, 15) is 4.79 Å². The van der Waals surface area contributed by atoms with Crippen molar-refractivity contribution in [2.75, 3.05) is 20.2 Å². The molecule has 0 radical (unpaired) electrons. The van der Waals surface area contributed by atoms with E-state index in [0.29, 0.717) is 24.5 Å². The molecular formula is C26H31N3O2. The van der Waals surface area contributed by atoms with Gasteiger partial charge < -0.3 is 19.9 Å². The first-order valence-corrected chi connectivity index (χ1v) is 11.3. The normalized spacial score (nSPS) is 23.9. The van der Waals surface area contributed by atoms with Crippen molar-refractivity contribution >= 4 is 17.0 Å². The van der Waals surface area contributed by atoms with Gasteiger partial charge in [0.15, 0.2) is 0 Å². The highest BCUT2D eigenvalue weighted by Gasteiger charge is 2.39. The number of fused-ring (bicyclic) bond motifs is 2. The molecule has 3 aromatic rings. The molecule has 2 unspecified atom stereocenters. The minimum absolute atomic E-state index is 0.0382. The molecule has 1 aromatic heterocycles. The number of hydrogen-bond donors (Lipinski definition) is 2. The molecule has 2 aromatic carbocycles. The van der Waals surface area contributed by atoms with Gasteiger partial charge in [0, 0.05) is 47.6 Å². The van der Waals surface area contributed by atoms with Crippen molar-refractivity contribution in [2.45, 2.75) is 44.2 Å². The fraction of sp³-hybridized carbons (Fsp3) is 0.423. The number of piperidine rings is 1. The number of aromatic nitrogens is 1. The first-order valence-electron chi connectivity index (χ1n) is 11.3. The topological polar surface area (TPSA) is 57.4 Å². The average Bonchev–Trinajstić information content (AvgIpc) is 3.18. The van der Waals surface area contributed by atoms with Crippen molar-refractivity contribution in [1.82, 2.24) is 15.2 Å². The molecule has 0 bridgehead atoms. The van der Waals surface area contributed by atoms with Gasteiger partial charge >= 0.3 is 6.09 Å². The van der Waals surface area contributed by atoms with Gasteiger partial charge in [-0.05, 0) is 56.0 Å². The zero-order chi connectivity index (χ0) is 21.4. The Morgan fingerprint density at radius 1 is 1.23 bits per heavy atom. The first-order chi connectivity index (χ1) is 15.1. The third-order valence-corrected chi connectivity index (χ3v) is 7.01. The van der Waals surface area contributed by atoms with E-state index in [1.807, 2.05) is 25.1 Å². The predicted octanol–water partition coefficient (Wildman–Crippen LogP) is 4.49. The zero-order valence-corrected chi connectivity index (χ0v) is 18.3. The van der Waals surface area contributed by atoms with Crippen LogP contribution in [-0.4, -0.2) is 48.3 Å². The summed E-state index contributed by atoms with van der Waals surface area (Å²) in [5, 5.41) is 4.39. The molecule has 162 valence electrons. The van der Waals surface area contributed by atoms with Crippen LogP contribution >= 0.6 is 0 Å². The number of hydrogen-bond acceptors (Lipinski definition) is 3. The van der Waals surface area contributed by atoms with Crippen LogP contribution in [0.4, 0.5) is 4.79 Å². The number of carbonyl (C=O) groups is 1. The van der Waals surface area contributed by atoms with E-state index in [1.54, 1.807) is 0 Å². The van der Waals surface area contributed by atoms with Crippen molar-refractivity contribution in [2.24, 2.45) is 5.92 Å². The van der Waals surface area contributed by atoms with Crippen LogP contribution in [-0.2, 0) is 17.6 Å². The molecule has 4 atom stereocenters. The van der Waals surface area contributed by atoms with E-state index in [1.165, 1.54) is 27.6 Å². The number of benzene rings is 2. The van der Waals surface area contributed by atoms with E-state index in [0.717, 1.165) is 25.8 Å². The molecule has 1 saturated heterocycles. The Kier molecular flexibility index (Phi) is 5.45. The molecule has 0 saturated carbocycles. The third-order valence-electron chi connectivity index (χ3n) is 7.01. The third kappa shape index (κ3) is 4.07. The predicted molar refractivity (Wildman–Crippen MR) is 123 cm³/mol. The summed E-state index contributed by atoms with van der Waals surface area (Å²) < 4.78 is 5.66. The summed E-state index contributed by atoms with van der Waals surface area (Å²) in [6.07, 6.45) is 4.81. The average molecular weight is 418 g/mol. The Bertz CT molecular complexity index is 1060. The molecular weight excluding hydrogens is 386 g/mol. The van der Waals surface area contributed by atoms with Gasteiger partial charge in [0.25, 0.3) is 0 Å². The molecule has 1 aliphatic carbocycles. The molecule has 0 spiro atoms. The fourth-order valence-corrected chi connectivity index (χ4v) is 5.63. The van der Waals surface area contributed by atoms with E-state index in [2.05, 4.69) is 58.8 Å². The standard InChI is InChI=1S/C26H31N3O2/c1-17(11-18-7-4-3-5-8-18)28-26(30)31-16-19-12-22-21-9-6-10-23-25(21)20(14-27-23)13-24(22)29(2)15-19/h3-10,14,17,19,22,24,27H,11-13,15-16H2,1-2H3,(H,28,30)/t17?,19-,22?,24-/m1/s1. The number of likely N-dealkylation sites (tertiary alicyclic amines) is 1. The molecule has 1 amide bonds. The van der Waals surface area contributed by atoms with Crippen molar-refractivity contribution in [3.05, 3.63) is 71.4 Å². The maximum absolute atomic E-state index is 12.4. The largest absolute Gasteiger partial charge is 0.449 e. The number of amides is 1. The Morgan fingerprint density at radius 2 is 2.06 bits per heavy atom. The van der Waals surface area contributed by atoms with Crippen molar-refractivity contribution in [3.8, 4) is 0 Å². The minimum Gasteiger partial charge on any atom is -0.449 e. The van der Waals surface area contributed by atoms with Crippen LogP contribution in [0.2, 0.25) is 0 Å². The van der Waals surface area contributed by atoms with Gasteiger partial charge in [-0.3, -0.25) is 0 Å². The van der Waals surface area contributed by atoms with Gasteiger partial charge in [0.05, 0.1) is 6.61 Å². The van der Waals surface area contributed by atoms with E-state index in [-0.39, 0.29) is 12.1 Å². The molecule has 5 nitrogen and oxygen atoms in total. The summed E-state index contributed by atoms with van der Waals surface area (Å²) in [7, 11) is 2.21. The Labute approximate surface area is 183 Å². The SMILES string of the molecule is CC(Cc1ccccc1)NC(=O)OC[C@@H]1CC2c3cccc4[nH]cc(c34)C[C@H]2N(C)C1. The maximum atomic E-state index is 12.4. The number of nitrogens with zero attached hydrogens (tertiary/aromatic N) is 1. The van der Waals surface area contributed by atoms with Crippen molar-refractivity contribution < 1.29 is 9.53 Å². The van der Waals surface area contributed by atoms with Crippen molar-refractivity contribution in [1.29, 1.82) is 0 Å². The number of H-pyrrole nitrogens is 1. The van der Waals surface area contributed by atoms with E-state index in [4.69, 9.17) is 4.74 Å². The van der Waals surface area contributed by atoms with Crippen LogP contribution in [0.3, 0.4) is 0 Å². The smallest absolute Gasteiger partial charge is 0.407 e. The van der Waals surface area contributed by atoms with Gasteiger partial charge in [-0.1, -0.05) is 42.5 Å². The number of alkyl carbamates (subject to hydrolysis) is 1. The van der Waals surface area contributed by atoms with Gasteiger partial charge in [-0.15, -0.1) is 0 Å². The number of carbonyl (C=O) groups excluding carboxylic acids is 1. The fourth-order valence-electron chi connectivity index (χ4n) is 5.63. The minimum atomic E-state index is -0.313. The van der Waals surface area contributed by atoms with Crippen LogP contribution in [0, 0.1) is 5.92 Å². The summed E-state index contributed by atoms with van der Waals surface area (Å²) in [5.41, 5.74) is 5.33. The van der Waals surface area contributed by atoms with Gasteiger partial charge in [0.1, 0.15) is 0 Å². The molecule has 31 heavy (non-hydrogen) atoms. The maximum Gasteiger partial charge on any atom is 0.407 e. The van der Waals surface area contributed by atoms with Crippen LogP contribution in [0.15, 0.2) is 54.7 Å². The highest BCUT2D eigenvalue weighted by molar-refractivity contribution is 5.88. The van der Waals surface area contributed by atoms with Crippen molar-refractivity contribution in [3.63, 3.8) is 0 Å². The number of likely N-dealkylation sites (N-methyl/N-ethyl adjacent to an activating group) is 1. The second-order valence-electron chi connectivity index (χ2n) is 9.34. The van der Waals surface area contributed by atoms with Gasteiger partial charge in [-0.2, -0.15) is 0 Å². The summed E-state index contributed by atoms with van der Waals surface area (Å²) in [5.74, 6) is 0.830. The van der Waals surface area contributed by atoms with Crippen LogP contribution in [0.5, 0.6) is 0 Å². The number of nitrogens with one attached hydrogen (secondary N) is 2. The lowest BCUT2D eigenvalue weighted by Gasteiger charge is -2.45. The van der Waals surface area contributed by atoms with Crippen LogP contribution in [0.25, 0.3) is 10.9 Å². The quantitative estimate of drug-likeness (QED) is 0.643. The first kappa shape index (κ1) is 20.1. The Morgan fingerprint density at radius 3 is 2.90 bits per heavy atom. The summed E-state index contributed by atoms with van der Waals surface area (Å²) in [4.78, 5) is 18.3. The Hall–Kier alpha value is -2.79. The highest BCUT2D eigenvalue weighted by atomic mass is 16.5. The number of rotatable bonds is 5. The van der Waals surface area contributed by atoms with Crippen LogP contribution in [0.1, 0.15) is 36.0 Å². The van der Waals surface area contributed by atoms with E-state index >= 15 is 0 Å². The lowest BCUT2D eigenvalue weighted by molar-refractivity contribution is 0.0613. The second kappa shape index (κ2) is 8.39. The number of aromatic amines is 1. The lowest BCUT2D eigenvalue weighted by atomic mass is 9.72. The molecule has 2 aliphatic rings. The highest BCUT2D eigenvalue weighted by Crippen LogP contribution is 2.44.